The van der Waals surface area contributed by atoms with Gasteiger partial charge in [0.1, 0.15) is 5.56 Å². The molecule has 23 heavy (non-hydrogen) atoms. The van der Waals surface area contributed by atoms with E-state index in [1.54, 1.807) is 6.92 Å². The van der Waals surface area contributed by atoms with Crippen molar-refractivity contribution < 1.29 is 9.32 Å². The van der Waals surface area contributed by atoms with E-state index in [-0.39, 0.29) is 11.8 Å². The van der Waals surface area contributed by atoms with Gasteiger partial charge >= 0.3 is 0 Å². The lowest BCUT2D eigenvalue weighted by molar-refractivity contribution is 0.102. The fraction of sp³-hybridized carbons (Fsp3) is 0.235. The number of hydrogen-bond acceptors (Lipinski definition) is 5. The minimum Gasteiger partial charge on any atom is -0.360 e. The highest BCUT2D eigenvalue weighted by Gasteiger charge is 2.23. The number of hydrogen-bond donors (Lipinski definition) is 1. The van der Waals surface area contributed by atoms with Crippen molar-refractivity contribution >= 4 is 22.4 Å². The van der Waals surface area contributed by atoms with Gasteiger partial charge in [-0.15, -0.1) is 11.3 Å². The van der Waals surface area contributed by atoms with Crippen LogP contribution in [-0.2, 0) is 0 Å². The number of carbonyl (C=O) groups excluding carboxylic acids is 1. The van der Waals surface area contributed by atoms with E-state index in [1.807, 2.05) is 49.6 Å². The second-order valence-corrected chi connectivity index (χ2v) is 6.38. The van der Waals surface area contributed by atoms with E-state index in [0.717, 1.165) is 11.3 Å². The highest BCUT2D eigenvalue weighted by Crippen LogP contribution is 2.27. The first-order valence-electron chi connectivity index (χ1n) is 7.34. The molecule has 0 aliphatic rings. The molecule has 2 aromatic heterocycles. The molecule has 2 heterocycles. The van der Waals surface area contributed by atoms with Crippen molar-refractivity contribution in [3.63, 3.8) is 0 Å². The Morgan fingerprint density at radius 1 is 1.26 bits per heavy atom. The van der Waals surface area contributed by atoms with Crippen molar-refractivity contribution in [1.82, 2.24) is 10.1 Å². The number of nitrogens with zero attached hydrogens (tertiary/aromatic N) is 2. The third-order valence-electron chi connectivity index (χ3n) is 3.43. The van der Waals surface area contributed by atoms with E-state index >= 15 is 0 Å². The smallest absolute Gasteiger partial charge is 0.262 e. The number of aryl methyl sites for hydroxylation is 1. The fourth-order valence-corrected chi connectivity index (χ4v) is 3.00. The van der Waals surface area contributed by atoms with Gasteiger partial charge in [-0.1, -0.05) is 49.3 Å². The van der Waals surface area contributed by atoms with Crippen molar-refractivity contribution in [2.24, 2.45) is 0 Å². The molecule has 0 aliphatic carbocycles. The second-order valence-electron chi connectivity index (χ2n) is 5.52. The highest BCUT2D eigenvalue weighted by atomic mass is 32.1. The Labute approximate surface area is 138 Å². The van der Waals surface area contributed by atoms with Gasteiger partial charge in [0.05, 0.1) is 11.4 Å². The van der Waals surface area contributed by atoms with E-state index in [0.29, 0.717) is 22.1 Å². The van der Waals surface area contributed by atoms with Crippen molar-refractivity contribution in [3.05, 3.63) is 52.7 Å². The summed E-state index contributed by atoms with van der Waals surface area (Å²) in [6.45, 7) is 5.70. The second kappa shape index (κ2) is 6.34. The molecule has 0 saturated carbocycles. The average Bonchev–Trinajstić information content (AvgIpc) is 3.15. The molecule has 3 rings (SSSR count). The number of amides is 1. The number of carbonyl (C=O) groups is 1. The monoisotopic (exact) mass is 327 g/mol. The first-order chi connectivity index (χ1) is 11.1. The number of thiazole rings is 1. The minimum atomic E-state index is -0.235. The maximum Gasteiger partial charge on any atom is 0.262 e. The Morgan fingerprint density at radius 2 is 2.00 bits per heavy atom. The van der Waals surface area contributed by atoms with Crippen LogP contribution in [0.4, 0.5) is 5.13 Å². The van der Waals surface area contributed by atoms with Crippen LogP contribution in [-0.4, -0.2) is 16.0 Å². The molecule has 5 nitrogen and oxygen atoms in total. The van der Waals surface area contributed by atoms with Gasteiger partial charge in [-0.25, -0.2) is 4.98 Å². The zero-order chi connectivity index (χ0) is 16.4. The van der Waals surface area contributed by atoms with Gasteiger partial charge in [0, 0.05) is 16.9 Å². The van der Waals surface area contributed by atoms with E-state index < -0.39 is 0 Å². The number of anilines is 1. The number of aromatic nitrogens is 2. The summed E-state index contributed by atoms with van der Waals surface area (Å²) in [4.78, 5) is 17.0. The lowest BCUT2D eigenvalue weighted by atomic mass is 10.0. The molecule has 118 valence electrons. The van der Waals surface area contributed by atoms with Gasteiger partial charge in [-0.05, 0) is 6.92 Å². The fourth-order valence-electron chi connectivity index (χ4n) is 2.29. The summed E-state index contributed by atoms with van der Waals surface area (Å²) in [5.41, 5.74) is 2.95. The van der Waals surface area contributed by atoms with Crippen LogP contribution in [0.15, 0.2) is 40.2 Å². The molecule has 0 saturated heterocycles. The topological polar surface area (TPSA) is 68.0 Å². The van der Waals surface area contributed by atoms with Gasteiger partial charge in [-0.3, -0.25) is 10.1 Å². The van der Waals surface area contributed by atoms with E-state index in [2.05, 4.69) is 15.5 Å². The molecule has 0 spiro atoms. The average molecular weight is 327 g/mol. The highest BCUT2D eigenvalue weighted by molar-refractivity contribution is 7.14. The molecule has 6 heteroatoms. The zero-order valence-corrected chi connectivity index (χ0v) is 14.0. The number of benzene rings is 1. The molecule has 0 atom stereocenters. The van der Waals surface area contributed by atoms with Crippen molar-refractivity contribution in [2.45, 2.75) is 26.7 Å². The maximum atomic E-state index is 12.5. The molecule has 1 amide bonds. The van der Waals surface area contributed by atoms with Crippen molar-refractivity contribution in [3.8, 4) is 11.3 Å². The quantitative estimate of drug-likeness (QED) is 0.767. The molecule has 3 aromatic rings. The lowest BCUT2D eigenvalue weighted by Crippen LogP contribution is -2.14. The van der Waals surface area contributed by atoms with Crippen molar-refractivity contribution in [2.75, 3.05) is 5.32 Å². The van der Waals surface area contributed by atoms with Crippen molar-refractivity contribution in [1.29, 1.82) is 0 Å². The SMILES string of the molecule is Cc1noc(C(C)C)c1C(=O)Nc1nc(-c2ccccc2)cs1. The zero-order valence-electron chi connectivity index (χ0n) is 13.2. The van der Waals surface area contributed by atoms with Crippen LogP contribution in [0.25, 0.3) is 11.3 Å². The summed E-state index contributed by atoms with van der Waals surface area (Å²) in [6, 6.07) is 9.86. The molecule has 1 N–H and O–H groups in total. The number of rotatable bonds is 4. The van der Waals surface area contributed by atoms with Gasteiger partial charge in [0.25, 0.3) is 5.91 Å². The normalized spacial score (nSPS) is 11.0. The minimum absolute atomic E-state index is 0.0909. The summed E-state index contributed by atoms with van der Waals surface area (Å²) in [7, 11) is 0. The van der Waals surface area contributed by atoms with E-state index in [1.165, 1.54) is 11.3 Å². The molecule has 0 unspecified atom stereocenters. The van der Waals surface area contributed by atoms with E-state index in [9.17, 15) is 4.79 Å². The molecule has 0 bridgehead atoms. The van der Waals surface area contributed by atoms with E-state index in [4.69, 9.17) is 4.52 Å². The molecular formula is C17H17N3O2S. The predicted octanol–water partition coefficient (Wildman–Crippen LogP) is 4.48. The van der Waals surface area contributed by atoms with Crippen LogP contribution in [0.2, 0.25) is 0 Å². The Bertz CT molecular complexity index is 821. The summed E-state index contributed by atoms with van der Waals surface area (Å²) in [5, 5.41) is 9.22. The van der Waals surface area contributed by atoms with Gasteiger partial charge in [-0.2, -0.15) is 0 Å². The Balaban J connectivity index is 1.82. The largest absolute Gasteiger partial charge is 0.360 e. The Kier molecular flexibility index (Phi) is 4.25. The Hall–Kier alpha value is -2.47. The molecule has 1 aromatic carbocycles. The first kappa shape index (κ1) is 15.4. The lowest BCUT2D eigenvalue weighted by Gasteiger charge is -2.04. The third kappa shape index (κ3) is 3.17. The van der Waals surface area contributed by atoms with Gasteiger partial charge in [0.2, 0.25) is 0 Å². The maximum absolute atomic E-state index is 12.5. The van der Waals surface area contributed by atoms with Crippen LogP contribution in [0.3, 0.4) is 0 Å². The van der Waals surface area contributed by atoms with Gasteiger partial charge < -0.3 is 4.52 Å². The summed E-state index contributed by atoms with van der Waals surface area (Å²) < 4.78 is 5.26. The van der Waals surface area contributed by atoms with Crippen LogP contribution in [0, 0.1) is 6.92 Å². The first-order valence-corrected chi connectivity index (χ1v) is 8.22. The Morgan fingerprint density at radius 3 is 2.70 bits per heavy atom. The summed E-state index contributed by atoms with van der Waals surface area (Å²) in [6.07, 6.45) is 0. The summed E-state index contributed by atoms with van der Waals surface area (Å²) in [5.74, 6) is 0.453. The molecular weight excluding hydrogens is 310 g/mol. The van der Waals surface area contributed by atoms with Crippen LogP contribution < -0.4 is 5.32 Å². The summed E-state index contributed by atoms with van der Waals surface area (Å²) >= 11 is 1.40. The van der Waals surface area contributed by atoms with Crippen LogP contribution in [0.5, 0.6) is 0 Å². The molecule has 0 fully saturated rings. The predicted molar refractivity (Wildman–Crippen MR) is 90.8 cm³/mol. The number of nitrogens with one attached hydrogen (secondary N) is 1. The van der Waals surface area contributed by atoms with Gasteiger partial charge in [0.15, 0.2) is 10.9 Å². The molecule has 0 aliphatic heterocycles. The molecule has 0 radical (unpaired) electrons. The third-order valence-corrected chi connectivity index (χ3v) is 4.19. The standard InChI is InChI=1S/C17H17N3O2S/c1-10(2)15-14(11(3)20-22-15)16(21)19-17-18-13(9-23-17)12-7-5-4-6-8-12/h4-10H,1-3H3,(H,18,19,21). The van der Waals surface area contributed by atoms with Crippen LogP contribution >= 0.6 is 11.3 Å². The van der Waals surface area contributed by atoms with Crippen LogP contribution in [0.1, 0.15) is 41.6 Å².